The molecule has 1 amide bonds. The van der Waals surface area contributed by atoms with Gasteiger partial charge in [0.2, 0.25) is 5.91 Å². The molecule has 94 valence electrons. The second-order valence-corrected chi connectivity index (χ2v) is 3.68. The topological polar surface area (TPSA) is 89.9 Å². The summed E-state index contributed by atoms with van der Waals surface area (Å²) in [5, 5.41) is 19.9. The number of carbonyl (C=O) groups excluding carboxylic acids is 1. The average molecular weight is 253 g/mol. The van der Waals surface area contributed by atoms with Crippen LogP contribution in [0.5, 0.6) is 0 Å². The zero-order chi connectivity index (χ0) is 11.3. The summed E-state index contributed by atoms with van der Waals surface area (Å²) in [5.41, 5.74) is 0. The summed E-state index contributed by atoms with van der Waals surface area (Å²) in [6.45, 7) is 1.23. The van der Waals surface area contributed by atoms with Crippen molar-refractivity contribution in [3.8, 4) is 0 Å². The van der Waals surface area contributed by atoms with E-state index in [9.17, 15) is 14.7 Å². The SMILES string of the molecule is Cl.O=C(O)CNC(=O)CN1CCC(O)CC1. The number of hydrogen-bond acceptors (Lipinski definition) is 4. The molecule has 0 aromatic heterocycles. The third-order valence-electron chi connectivity index (χ3n) is 2.36. The number of aliphatic hydroxyl groups is 1. The summed E-state index contributed by atoms with van der Waals surface area (Å²) in [4.78, 5) is 23.3. The summed E-state index contributed by atoms with van der Waals surface area (Å²) in [7, 11) is 0. The average Bonchev–Trinajstić information content (AvgIpc) is 2.19. The van der Waals surface area contributed by atoms with Crippen LogP contribution >= 0.6 is 12.4 Å². The summed E-state index contributed by atoms with van der Waals surface area (Å²) in [6.07, 6.45) is 1.08. The highest BCUT2D eigenvalue weighted by atomic mass is 35.5. The lowest BCUT2D eigenvalue weighted by Gasteiger charge is -2.28. The standard InChI is InChI=1S/C9H16N2O4.ClH/c12-7-1-3-11(4-2-7)6-8(13)10-5-9(14)15;/h7,12H,1-6H2,(H,10,13)(H,14,15);1H. The maximum absolute atomic E-state index is 11.2. The highest BCUT2D eigenvalue weighted by Crippen LogP contribution is 2.08. The van der Waals surface area contributed by atoms with E-state index in [-0.39, 0.29) is 37.5 Å². The Morgan fingerprint density at radius 3 is 2.38 bits per heavy atom. The summed E-state index contributed by atoms with van der Waals surface area (Å²) >= 11 is 0. The molecule has 1 saturated heterocycles. The molecule has 0 saturated carbocycles. The minimum Gasteiger partial charge on any atom is -0.480 e. The van der Waals surface area contributed by atoms with Gasteiger partial charge in [-0.2, -0.15) is 0 Å². The number of likely N-dealkylation sites (tertiary alicyclic amines) is 1. The van der Waals surface area contributed by atoms with Crippen molar-refractivity contribution in [3.05, 3.63) is 0 Å². The molecule has 0 aromatic carbocycles. The summed E-state index contributed by atoms with van der Waals surface area (Å²) < 4.78 is 0. The van der Waals surface area contributed by atoms with Gasteiger partial charge in [-0.25, -0.2) is 0 Å². The smallest absolute Gasteiger partial charge is 0.322 e. The van der Waals surface area contributed by atoms with Crippen molar-refractivity contribution in [1.82, 2.24) is 10.2 Å². The number of carboxylic acids is 1. The zero-order valence-corrected chi connectivity index (χ0v) is 9.70. The van der Waals surface area contributed by atoms with Crippen LogP contribution in [0.3, 0.4) is 0 Å². The molecular weight excluding hydrogens is 236 g/mol. The first-order chi connectivity index (χ1) is 7.08. The number of amides is 1. The maximum Gasteiger partial charge on any atom is 0.322 e. The van der Waals surface area contributed by atoms with Crippen LogP contribution < -0.4 is 5.32 Å². The predicted octanol–water partition coefficient (Wildman–Crippen LogP) is -0.934. The van der Waals surface area contributed by atoms with Crippen LogP contribution in [-0.4, -0.2) is 59.3 Å². The van der Waals surface area contributed by atoms with Crippen LogP contribution in [0, 0.1) is 0 Å². The Morgan fingerprint density at radius 1 is 1.31 bits per heavy atom. The first-order valence-corrected chi connectivity index (χ1v) is 4.97. The van der Waals surface area contributed by atoms with Crippen LogP contribution in [0.2, 0.25) is 0 Å². The van der Waals surface area contributed by atoms with Crippen molar-refractivity contribution in [3.63, 3.8) is 0 Å². The highest BCUT2D eigenvalue weighted by Gasteiger charge is 2.18. The van der Waals surface area contributed by atoms with Gasteiger partial charge in [-0.3, -0.25) is 14.5 Å². The van der Waals surface area contributed by atoms with Gasteiger partial charge in [0.15, 0.2) is 0 Å². The van der Waals surface area contributed by atoms with E-state index >= 15 is 0 Å². The number of piperidine rings is 1. The quantitative estimate of drug-likeness (QED) is 0.601. The summed E-state index contributed by atoms with van der Waals surface area (Å²) in [6, 6.07) is 0. The molecule has 16 heavy (non-hydrogen) atoms. The first-order valence-electron chi connectivity index (χ1n) is 4.97. The Hall–Kier alpha value is -0.850. The molecule has 1 fully saturated rings. The van der Waals surface area contributed by atoms with Gasteiger partial charge in [0.25, 0.3) is 0 Å². The Balaban J connectivity index is 0.00000225. The van der Waals surface area contributed by atoms with Crippen molar-refractivity contribution >= 4 is 24.3 Å². The van der Waals surface area contributed by atoms with Gasteiger partial charge in [0.1, 0.15) is 6.54 Å². The maximum atomic E-state index is 11.2. The van der Waals surface area contributed by atoms with Crippen molar-refractivity contribution in [1.29, 1.82) is 0 Å². The molecule has 1 aliphatic rings. The number of halogens is 1. The van der Waals surface area contributed by atoms with Crippen LogP contribution in [0.25, 0.3) is 0 Å². The molecule has 0 atom stereocenters. The fourth-order valence-corrected chi connectivity index (χ4v) is 1.51. The second kappa shape index (κ2) is 7.43. The molecule has 0 aliphatic carbocycles. The van der Waals surface area contributed by atoms with Gasteiger partial charge in [-0.15, -0.1) is 12.4 Å². The van der Waals surface area contributed by atoms with E-state index in [1.165, 1.54) is 0 Å². The van der Waals surface area contributed by atoms with Gasteiger partial charge in [-0.05, 0) is 12.8 Å². The van der Waals surface area contributed by atoms with E-state index in [1.807, 2.05) is 4.90 Å². The molecule has 0 spiro atoms. The van der Waals surface area contributed by atoms with Gasteiger partial charge in [-0.1, -0.05) is 0 Å². The zero-order valence-electron chi connectivity index (χ0n) is 8.89. The number of aliphatic carboxylic acids is 1. The number of aliphatic hydroxyl groups excluding tert-OH is 1. The van der Waals surface area contributed by atoms with E-state index < -0.39 is 5.97 Å². The van der Waals surface area contributed by atoms with Crippen LogP contribution in [-0.2, 0) is 9.59 Å². The molecule has 0 aromatic rings. The molecule has 3 N–H and O–H groups in total. The Bertz CT molecular complexity index is 242. The number of rotatable bonds is 4. The molecule has 7 heteroatoms. The first kappa shape index (κ1) is 15.2. The Morgan fingerprint density at radius 2 is 1.88 bits per heavy atom. The van der Waals surface area contributed by atoms with E-state index in [1.54, 1.807) is 0 Å². The largest absolute Gasteiger partial charge is 0.480 e. The third kappa shape index (κ3) is 5.89. The van der Waals surface area contributed by atoms with Crippen molar-refractivity contribution < 1.29 is 19.8 Å². The van der Waals surface area contributed by atoms with Crippen LogP contribution in [0.15, 0.2) is 0 Å². The lowest BCUT2D eigenvalue weighted by molar-refractivity contribution is -0.138. The second-order valence-electron chi connectivity index (χ2n) is 3.68. The lowest BCUT2D eigenvalue weighted by atomic mass is 10.1. The molecular formula is C9H17ClN2O4. The predicted molar refractivity (Wildman–Crippen MR) is 59.6 cm³/mol. The van der Waals surface area contributed by atoms with Gasteiger partial charge >= 0.3 is 5.97 Å². The number of carbonyl (C=O) groups is 2. The fraction of sp³-hybridized carbons (Fsp3) is 0.778. The summed E-state index contributed by atoms with van der Waals surface area (Å²) in [5.74, 6) is -1.33. The fourth-order valence-electron chi connectivity index (χ4n) is 1.51. The van der Waals surface area contributed by atoms with Crippen molar-refractivity contribution in [2.75, 3.05) is 26.2 Å². The molecule has 1 rings (SSSR count). The Labute approximate surface area is 100 Å². The number of carboxylic acid groups (broad SMARTS) is 1. The molecule has 0 bridgehead atoms. The van der Waals surface area contributed by atoms with E-state index in [0.717, 1.165) is 0 Å². The van der Waals surface area contributed by atoms with Crippen LogP contribution in [0.1, 0.15) is 12.8 Å². The third-order valence-corrected chi connectivity index (χ3v) is 2.36. The molecule has 1 heterocycles. The lowest BCUT2D eigenvalue weighted by Crippen LogP contribution is -2.43. The molecule has 6 nitrogen and oxygen atoms in total. The normalized spacial score (nSPS) is 17.6. The van der Waals surface area contributed by atoms with E-state index in [0.29, 0.717) is 25.9 Å². The number of hydrogen-bond donors (Lipinski definition) is 3. The van der Waals surface area contributed by atoms with Gasteiger partial charge < -0.3 is 15.5 Å². The molecule has 0 unspecified atom stereocenters. The van der Waals surface area contributed by atoms with Crippen LogP contribution in [0.4, 0.5) is 0 Å². The highest BCUT2D eigenvalue weighted by molar-refractivity contribution is 5.85. The molecule has 0 radical (unpaired) electrons. The minimum absolute atomic E-state index is 0. The number of nitrogens with zero attached hydrogens (tertiary/aromatic N) is 1. The molecule has 1 aliphatic heterocycles. The Kier molecular flexibility index (Phi) is 7.03. The van der Waals surface area contributed by atoms with E-state index in [2.05, 4.69) is 5.32 Å². The van der Waals surface area contributed by atoms with Gasteiger partial charge in [0, 0.05) is 13.1 Å². The van der Waals surface area contributed by atoms with Gasteiger partial charge in [0.05, 0.1) is 12.6 Å². The monoisotopic (exact) mass is 252 g/mol. The number of nitrogens with one attached hydrogen (secondary N) is 1. The van der Waals surface area contributed by atoms with Crippen molar-refractivity contribution in [2.45, 2.75) is 18.9 Å². The van der Waals surface area contributed by atoms with E-state index in [4.69, 9.17) is 5.11 Å². The van der Waals surface area contributed by atoms with Crippen molar-refractivity contribution in [2.24, 2.45) is 0 Å². The minimum atomic E-state index is -1.04.